The van der Waals surface area contributed by atoms with E-state index in [2.05, 4.69) is 48.8 Å². The summed E-state index contributed by atoms with van der Waals surface area (Å²) in [5.41, 5.74) is 0. The molecule has 0 saturated carbocycles. The van der Waals surface area contributed by atoms with Crippen molar-refractivity contribution in [3.8, 4) is 0 Å². The lowest BCUT2D eigenvalue weighted by Crippen LogP contribution is -2.20. The van der Waals surface area contributed by atoms with Gasteiger partial charge in [-0.1, -0.05) is 34.0 Å². The van der Waals surface area contributed by atoms with Crippen molar-refractivity contribution in [2.24, 2.45) is 0 Å². The standard InChI is InChI=1S/C11H15Br2ClN2/c1-16(6-4-2-3-5-12)11-10(13)7-9(14)8-15-11/h7-8H,2-6H2,1H3. The average molecular weight is 371 g/mol. The summed E-state index contributed by atoms with van der Waals surface area (Å²) in [7, 11) is 2.05. The number of hydrogen-bond donors (Lipinski definition) is 0. The van der Waals surface area contributed by atoms with E-state index >= 15 is 0 Å². The third-order valence-corrected chi connectivity index (χ3v) is 3.63. The molecule has 1 heterocycles. The lowest BCUT2D eigenvalue weighted by molar-refractivity contribution is 0.706. The predicted octanol–water partition coefficient (Wildman–Crippen LogP) is 4.50. The summed E-state index contributed by atoms with van der Waals surface area (Å²) in [4.78, 5) is 6.46. The minimum Gasteiger partial charge on any atom is -0.359 e. The summed E-state index contributed by atoms with van der Waals surface area (Å²) in [6.45, 7) is 1.01. The van der Waals surface area contributed by atoms with Crippen LogP contribution in [0.5, 0.6) is 0 Å². The molecule has 1 rings (SSSR count). The Morgan fingerprint density at radius 3 is 2.75 bits per heavy atom. The van der Waals surface area contributed by atoms with Crippen LogP contribution < -0.4 is 4.90 Å². The molecule has 0 aromatic carbocycles. The largest absolute Gasteiger partial charge is 0.359 e. The lowest BCUT2D eigenvalue weighted by atomic mass is 10.2. The third-order valence-electron chi connectivity index (χ3n) is 2.28. The summed E-state index contributed by atoms with van der Waals surface area (Å²) < 4.78 is 0.947. The first-order chi connectivity index (χ1) is 7.65. The van der Waals surface area contributed by atoms with E-state index in [1.54, 1.807) is 6.20 Å². The van der Waals surface area contributed by atoms with Gasteiger partial charge in [-0.25, -0.2) is 4.98 Å². The topological polar surface area (TPSA) is 16.1 Å². The van der Waals surface area contributed by atoms with Crippen LogP contribution in [0.15, 0.2) is 16.7 Å². The van der Waals surface area contributed by atoms with Gasteiger partial charge in [-0.2, -0.15) is 0 Å². The molecule has 0 amide bonds. The van der Waals surface area contributed by atoms with E-state index in [9.17, 15) is 0 Å². The molecule has 0 atom stereocenters. The van der Waals surface area contributed by atoms with Gasteiger partial charge in [-0.3, -0.25) is 0 Å². The predicted molar refractivity (Wildman–Crippen MR) is 77.9 cm³/mol. The second-order valence-electron chi connectivity index (χ2n) is 3.63. The van der Waals surface area contributed by atoms with Gasteiger partial charge in [0.1, 0.15) is 5.82 Å². The number of aromatic nitrogens is 1. The van der Waals surface area contributed by atoms with Crippen LogP contribution in [0.2, 0.25) is 5.02 Å². The van der Waals surface area contributed by atoms with Crippen molar-refractivity contribution in [3.63, 3.8) is 0 Å². The van der Waals surface area contributed by atoms with Gasteiger partial charge in [0, 0.05) is 25.1 Å². The van der Waals surface area contributed by atoms with Crippen molar-refractivity contribution in [3.05, 3.63) is 21.8 Å². The highest BCUT2D eigenvalue weighted by molar-refractivity contribution is 9.10. The molecule has 5 heteroatoms. The molecule has 0 spiro atoms. The van der Waals surface area contributed by atoms with Crippen molar-refractivity contribution in [1.29, 1.82) is 0 Å². The van der Waals surface area contributed by atoms with Gasteiger partial charge in [0.2, 0.25) is 0 Å². The van der Waals surface area contributed by atoms with Crippen LogP contribution in [0.3, 0.4) is 0 Å². The van der Waals surface area contributed by atoms with E-state index in [1.807, 2.05) is 6.07 Å². The molecule has 0 fully saturated rings. The van der Waals surface area contributed by atoms with Crippen molar-refractivity contribution in [2.75, 3.05) is 23.8 Å². The van der Waals surface area contributed by atoms with Crippen LogP contribution in [-0.2, 0) is 0 Å². The first kappa shape index (κ1) is 14.3. The minimum absolute atomic E-state index is 0.656. The molecule has 0 aliphatic rings. The van der Waals surface area contributed by atoms with Crippen LogP contribution in [-0.4, -0.2) is 23.9 Å². The second-order valence-corrected chi connectivity index (χ2v) is 5.71. The first-order valence-corrected chi connectivity index (χ1v) is 7.52. The Hall–Kier alpha value is 0.200. The fraction of sp³-hybridized carbons (Fsp3) is 0.545. The average Bonchev–Trinajstić information content (AvgIpc) is 2.24. The molecular weight excluding hydrogens is 355 g/mol. The van der Waals surface area contributed by atoms with E-state index < -0.39 is 0 Å². The van der Waals surface area contributed by atoms with E-state index in [1.165, 1.54) is 19.3 Å². The molecule has 90 valence electrons. The number of alkyl halides is 1. The van der Waals surface area contributed by atoms with Crippen molar-refractivity contribution in [2.45, 2.75) is 19.3 Å². The van der Waals surface area contributed by atoms with Crippen molar-refractivity contribution < 1.29 is 0 Å². The monoisotopic (exact) mass is 368 g/mol. The number of anilines is 1. The summed E-state index contributed by atoms with van der Waals surface area (Å²) in [6.07, 6.45) is 5.32. The molecule has 1 aromatic rings. The van der Waals surface area contributed by atoms with Crippen LogP contribution in [0.25, 0.3) is 0 Å². The van der Waals surface area contributed by atoms with Crippen molar-refractivity contribution >= 4 is 49.3 Å². The first-order valence-electron chi connectivity index (χ1n) is 5.23. The Kier molecular flexibility index (Phi) is 6.70. The number of unbranched alkanes of at least 4 members (excludes halogenated alkanes) is 2. The molecule has 2 nitrogen and oxygen atoms in total. The number of rotatable bonds is 6. The second kappa shape index (κ2) is 7.51. The molecule has 0 saturated heterocycles. The van der Waals surface area contributed by atoms with E-state index in [-0.39, 0.29) is 0 Å². The maximum absolute atomic E-state index is 5.85. The third kappa shape index (κ3) is 4.60. The van der Waals surface area contributed by atoms with Gasteiger partial charge in [0.05, 0.1) is 9.50 Å². The smallest absolute Gasteiger partial charge is 0.142 e. The molecule has 1 aromatic heterocycles. The number of pyridine rings is 1. The van der Waals surface area contributed by atoms with Gasteiger partial charge in [-0.05, 0) is 34.8 Å². The zero-order valence-corrected chi connectivity index (χ0v) is 13.1. The highest BCUT2D eigenvalue weighted by Gasteiger charge is 2.07. The van der Waals surface area contributed by atoms with Gasteiger partial charge in [0.25, 0.3) is 0 Å². The van der Waals surface area contributed by atoms with Crippen LogP contribution in [0.1, 0.15) is 19.3 Å². The highest BCUT2D eigenvalue weighted by Crippen LogP contribution is 2.25. The Bertz CT molecular complexity index is 334. The van der Waals surface area contributed by atoms with E-state index in [0.29, 0.717) is 5.02 Å². The Morgan fingerprint density at radius 2 is 2.12 bits per heavy atom. The molecule has 0 radical (unpaired) electrons. The quantitative estimate of drug-likeness (QED) is 0.541. The van der Waals surface area contributed by atoms with Crippen LogP contribution in [0.4, 0.5) is 5.82 Å². The summed E-state index contributed by atoms with van der Waals surface area (Å²) in [5.74, 6) is 0.947. The molecule has 0 bridgehead atoms. The van der Waals surface area contributed by atoms with Crippen molar-refractivity contribution in [1.82, 2.24) is 4.98 Å². The number of halogens is 3. The number of hydrogen-bond acceptors (Lipinski definition) is 2. The van der Waals surface area contributed by atoms with Gasteiger partial charge in [0.15, 0.2) is 0 Å². The Balaban J connectivity index is 2.49. The molecule has 0 N–H and O–H groups in total. The fourth-order valence-electron chi connectivity index (χ4n) is 1.41. The SMILES string of the molecule is CN(CCCCCBr)c1ncc(Cl)cc1Br. The normalized spacial score (nSPS) is 10.5. The Morgan fingerprint density at radius 1 is 1.38 bits per heavy atom. The Labute approximate surface area is 119 Å². The van der Waals surface area contributed by atoms with Crippen LogP contribution in [0, 0.1) is 0 Å². The highest BCUT2D eigenvalue weighted by atomic mass is 79.9. The van der Waals surface area contributed by atoms with E-state index in [0.717, 1.165) is 22.2 Å². The maximum Gasteiger partial charge on any atom is 0.142 e. The summed E-state index contributed by atoms with van der Waals surface area (Å²) >= 11 is 12.8. The van der Waals surface area contributed by atoms with Crippen LogP contribution >= 0.6 is 43.5 Å². The van der Waals surface area contributed by atoms with Gasteiger partial charge < -0.3 is 4.90 Å². The number of nitrogens with zero attached hydrogens (tertiary/aromatic N) is 2. The molecule has 0 aliphatic heterocycles. The summed E-state index contributed by atoms with van der Waals surface area (Å²) in [6, 6.07) is 1.87. The van der Waals surface area contributed by atoms with Gasteiger partial charge in [-0.15, -0.1) is 0 Å². The molecule has 16 heavy (non-hydrogen) atoms. The van der Waals surface area contributed by atoms with E-state index in [4.69, 9.17) is 11.6 Å². The van der Waals surface area contributed by atoms with Gasteiger partial charge >= 0.3 is 0 Å². The summed E-state index contributed by atoms with van der Waals surface area (Å²) in [5, 5.41) is 1.74. The fourth-order valence-corrected chi connectivity index (χ4v) is 2.75. The molecule has 0 unspecified atom stereocenters. The molecular formula is C11H15Br2ClN2. The minimum atomic E-state index is 0.656. The zero-order chi connectivity index (χ0) is 12.0. The molecule has 0 aliphatic carbocycles. The maximum atomic E-state index is 5.85. The zero-order valence-electron chi connectivity index (χ0n) is 9.22. The lowest BCUT2D eigenvalue weighted by Gasteiger charge is -2.19.